The van der Waals surface area contributed by atoms with E-state index in [1.807, 2.05) is 0 Å². The van der Waals surface area contributed by atoms with Gasteiger partial charge in [0.15, 0.2) is 0 Å². The number of hydrogen-bond acceptors (Lipinski definition) is 1. The standard InChI is InChI=1S/C13H19N/c1-4-12-8-11-6-5-9(2)7-13(11)10(3)14-12/h5-7,10,12,14H,4,8H2,1-3H3. The van der Waals surface area contributed by atoms with Gasteiger partial charge >= 0.3 is 0 Å². The molecule has 1 nitrogen and oxygen atoms in total. The van der Waals surface area contributed by atoms with Gasteiger partial charge in [0.2, 0.25) is 0 Å². The van der Waals surface area contributed by atoms with E-state index in [1.54, 1.807) is 0 Å². The van der Waals surface area contributed by atoms with Crippen molar-refractivity contribution in [1.29, 1.82) is 0 Å². The molecule has 2 unspecified atom stereocenters. The molecule has 0 amide bonds. The van der Waals surface area contributed by atoms with Crippen LogP contribution in [-0.2, 0) is 6.42 Å². The molecule has 0 aromatic heterocycles. The number of aryl methyl sites for hydroxylation is 1. The second-order valence-electron chi connectivity index (χ2n) is 4.40. The molecule has 1 heteroatoms. The average Bonchev–Trinajstić information content (AvgIpc) is 2.19. The van der Waals surface area contributed by atoms with Gasteiger partial charge in [-0.05, 0) is 37.8 Å². The van der Waals surface area contributed by atoms with E-state index in [1.165, 1.54) is 29.5 Å². The zero-order chi connectivity index (χ0) is 10.1. The van der Waals surface area contributed by atoms with Crippen LogP contribution in [0.15, 0.2) is 18.2 Å². The van der Waals surface area contributed by atoms with Crippen LogP contribution >= 0.6 is 0 Å². The van der Waals surface area contributed by atoms with Gasteiger partial charge in [0.1, 0.15) is 0 Å². The number of benzene rings is 1. The van der Waals surface area contributed by atoms with Gasteiger partial charge in [-0.1, -0.05) is 30.7 Å². The van der Waals surface area contributed by atoms with Crippen LogP contribution in [0, 0.1) is 6.92 Å². The zero-order valence-corrected chi connectivity index (χ0v) is 9.30. The Labute approximate surface area is 86.5 Å². The Morgan fingerprint density at radius 1 is 1.43 bits per heavy atom. The van der Waals surface area contributed by atoms with E-state index in [-0.39, 0.29) is 0 Å². The first-order valence-corrected chi connectivity index (χ1v) is 5.56. The maximum atomic E-state index is 3.65. The molecule has 0 spiro atoms. The lowest BCUT2D eigenvalue weighted by Crippen LogP contribution is -2.37. The lowest BCUT2D eigenvalue weighted by atomic mass is 9.89. The highest BCUT2D eigenvalue weighted by Gasteiger charge is 2.21. The summed E-state index contributed by atoms with van der Waals surface area (Å²) >= 11 is 0. The van der Waals surface area contributed by atoms with Crippen molar-refractivity contribution in [2.24, 2.45) is 0 Å². The van der Waals surface area contributed by atoms with Crippen LogP contribution < -0.4 is 5.32 Å². The summed E-state index contributed by atoms with van der Waals surface area (Å²) in [7, 11) is 0. The number of rotatable bonds is 1. The molecule has 0 aliphatic carbocycles. The van der Waals surface area contributed by atoms with Crippen LogP contribution in [0.5, 0.6) is 0 Å². The maximum absolute atomic E-state index is 3.65. The Balaban J connectivity index is 2.35. The molecule has 0 saturated heterocycles. The van der Waals surface area contributed by atoms with E-state index in [0.29, 0.717) is 12.1 Å². The normalized spacial score (nSPS) is 25.9. The fraction of sp³-hybridized carbons (Fsp3) is 0.538. The second-order valence-corrected chi connectivity index (χ2v) is 4.40. The summed E-state index contributed by atoms with van der Waals surface area (Å²) in [6.07, 6.45) is 2.41. The van der Waals surface area contributed by atoms with Crippen molar-refractivity contribution in [1.82, 2.24) is 5.32 Å². The number of fused-ring (bicyclic) bond motifs is 1. The first-order chi connectivity index (χ1) is 6.70. The Hall–Kier alpha value is -0.820. The fourth-order valence-electron chi connectivity index (χ4n) is 2.33. The van der Waals surface area contributed by atoms with E-state index < -0.39 is 0 Å². The maximum Gasteiger partial charge on any atom is 0.0297 e. The summed E-state index contributed by atoms with van der Waals surface area (Å²) in [6.45, 7) is 6.68. The molecule has 1 aromatic rings. The van der Waals surface area contributed by atoms with Gasteiger partial charge in [0.25, 0.3) is 0 Å². The Morgan fingerprint density at radius 2 is 2.21 bits per heavy atom. The molecule has 76 valence electrons. The smallest absolute Gasteiger partial charge is 0.0297 e. The van der Waals surface area contributed by atoms with Crippen molar-refractivity contribution < 1.29 is 0 Å². The summed E-state index contributed by atoms with van der Waals surface area (Å²) in [4.78, 5) is 0. The van der Waals surface area contributed by atoms with E-state index in [9.17, 15) is 0 Å². The van der Waals surface area contributed by atoms with Gasteiger partial charge in [-0.2, -0.15) is 0 Å². The molecule has 1 aliphatic rings. The molecule has 1 N–H and O–H groups in total. The second kappa shape index (κ2) is 3.74. The van der Waals surface area contributed by atoms with Gasteiger partial charge in [0.05, 0.1) is 0 Å². The summed E-state index contributed by atoms with van der Waals surface area (Å²) in [5.74, 6) is 0. The molecule has 1 aliphatic heterocycles. The van der Waals surface area contributed by atoms with Crippen molar-refractivity contribution >= 4 is 0 Å². The molecule has 1 heterocycles. The molecule has 0 bridgehead atoms. The molecule has 0 fully saturated rings. The van der Waals surface area contributed by atoms with Gasteiger partial charge < -0.3 is 5.32 Å². The van der Waals surface area contributed by atoms with Crippen LogP contribution in [0.1, 0.15) is 43.0 Å². The third-order valence-electron chi connectivity index (χ3n) is 3.21. The minimum Gasteiger partial charge on any atom is -0.307 e. The van der Waals surface area contributed by atoms with Crippen LogP contribution in [0.4, 0.5) is 0 Å². The minimum atomic E-state index is 0.517. The van der Waals surface area contributed by atoms with Gasteiger partial charge in [-0.15, -0.1) is 0 Å². The summed E-state index contributed by atoms with van der Waals surface area (Å²) in [6, 6.07) is 8.02. The Morgan fingerprint density at radius 3 is 2.93 bits per heavy atom. The van der Waals surface area contributed by atoms with Crippen molar-refractivity contribution in [3.8, 4) is 0 Å². The van der Waals surface area contributed by atoms with Crippen molar-refractivity contribution in [3.05, 3.63) is 34.9 Å². The first kappa shape index (κ1) is 9.72. The summed E-state index contributed by atoms with van der Waals surface area (Å²) in [5, 5.41) is 3.65. The number of nitrogens with one attached hydrogen (secondary N) is 1. The highest BCUT2D eigenvalue weighted by molar-refractivity contribution is 5.36. The van der Waals surface area contributed by atoms with E-state index in [4.69, 9.17) is 0 Å². The predicted octanol–water partition coefficient (Wildman–Crippen LogP) is 2.98. The van der Waals surface area contributed by atoms with E-state index in [0.717, 1.165) is 0 Å². The quantitative estimate of drug-likeness (QED) is 0.716. The summed E-state index contributed by atoms with van der Waals surface area (Å²) in [5.41, 5.74) is 4.40. The van der Waals surface area contributed by atoms with Crippen LogP contribution in [0.2, 0.25) is 0 Å². The van der Waals surface area contributed by atoms with Crippen LogP contribution in [0.3, 0.4) is 0 Å². The van der Waals surface area contributed by atoms with Crippen molar-refractivity contribution in [2.45, 2.75) is 45.7 Å². The molecule has 0 saturated carbocycles. The third-order valence-corrected chi connectivity index (χ3v) is 3.21. The van der Waals surface area contributed by atoms with Crippen molar-refractivity contribution in [2.75, 3.05) is 0 Å². The fourth-order valence-corrected chi connectivity index (χ4v) is 2.33. The van der Waals surface area contributed by atoms with Gasteiger partial charge in [0, 0.05) is 12.1 Å². The number of hydrogen-bond donors (Lipinski definition) is 1. The largest absolute Gasteiger partial charge is 0.307 e. The summed E-state index contributed by atoms with van der Waals surface area (Å²) < 4.78 is 0. The zero-order valence-electron chi connectivity index (χ0n) is 9.30. The first-order valence-electron chi connectivity index (χ1n) is 5.56. The molecule has 2 rings (SSSR count). The highest BCUT2D eigenvalue weighted by atomic mass is 15.0. The molecular formula is C13H19N. The molecular weight excluding hydrogens is 170 g/mol. The Bertz CT molecular complexity index is 330. The minimum absolute atomic E-state index is 0.517. The average molecular weight is 189 g/mol. The van der Waals surface area contributed by atoms with Crippen LogP contribution in [-0.4, -0.2) is 6.04 Å². The van der Waals surface area contributed by atoms with E-state index >= 15 is 0 Å². The topological polar surface area (TPSA) is 12.0 Å². The van der Waals surface area contributed by atoms with E-state index in [2.05, 4.69) is 44.3 Å². The predicted molar refractivity (Wildman–Crippen MR) is 60.5 cm³/mol. The monoisotopic (exact) mass is 189 g/mol. The lowest BCUT2D eigenvalue weighted by Gasteiger charge is -2.31. The highest BCUT2D eigenvalue weighted by Crippen LogP contribution is 2.26. The van der Waals surface area contributed by atoms with Gasteiger partial charge in [-0.3, -0.25) is 0 Å². The molecule has 0 radical (unpaired) electrons. The Kier molecular flexibility index (Phi) is 2.60. The third kappa shape index (κ3) is 1.69. The lowest BCUT2D eigenvalue weighted by molar-refractivity contribution is 0.412. The van der Waals surface area contributed by atoms with Gasteiger partial charge in [-0.25, -0.2) is 0 Å². The molecule has 14 heavy (non-hydrogen) atoms. The SMILES string of the molecule is CCC1Cc2ccc(C)cc2C(C)N1. The molecule has 1 aromatic carbocycles. The van der Waals surface area contributed by atoms with Crippen molar-refractivity contribution in [3.63, 3.8) is 0 Å². The molecule has 2 atom stereocenters. The van der Waals surface area contributed by atoms with Crippen LogP contribution in [0.25, 0.3) is 0 Å².